The Balaban J connectivity index is 2.08. The number of thiophene rings is 1. The molecule has 0 atom stereocenters. The second-order valence-corrected chi connectivity index (χ2v) is 9.52. The molecular formula is C18H19Cl2N3O2S2. The number of hydrogen-bond acceptors (Lipinski definition) is 6. The molecule has 0 fully saturated rings. The van der Waals surface area contributed by atoms with Gasteiger partial charge in [0.25, 0.3) is 5.91 Å². The molecule has 5 nitrogen and oxygen atoms in total. The molecular weight excluding hydrogens is 425 g/mol. The lowest BCUT2D eigenvalue weighted by atomic mass is 10.2. The van der Waals surface area contributed by atoms with Crippen LogP contribution in [0.1, 0.15) is 15.9 Å². The number of anilines is 1. The Kier molecular flexibility index (Phi) is 6.28. The number of halogens is 2. The minimum absolute atomic E-state index is 0.208. The predicted molar refractivity (Wildman–Crippen MR) is 115 cm³/mol. The maximum absolute atomic E-state index is 13.2. The van der Waals surface area contributed by atoms with Crippen molar-refractivity contribution in [3.05, 3.63) is 38.0 Å². The molecule has 2 aromatic heterocycles. The highest BCUT2D eigenvalue weighted by Crippen LogP contribution is 2.38. The Morgan fingerprint density at radius 1 is 1.22 bits per heavy atom. The van der Waals surface area contributed by atoms with Crippen molar-refractivity contribution in [3.8, 4) is 5.75 Å². The van der Waals surface area contributed by atoms with E-state index < -0.39 is 0 Å². The molecule has 0 aliphatic rings. The van der Waals surface area contributed by atoms with E-state index in [1.807, 2.05) is 38.1 Å². The number of ether oxygens (including phenoxy) is 1. The fraction of sp³-hybridized carbons (Fsp3) is 0.333. The molecule has 0 unspecified atom stereocenters. The SMILES string of the molecule is COc1ccc(C)c2sc(N(CCN(C)C)C(=O)c3cc(Cl)sc3Cl)nc12. The van der Waals surface area contributed by atoms with E-state index in [-0.39, 0.29) is 5.91 Å². The fourth-order valence-electron chi connectivity index (χ4n) is 2.59. The number of carbonyl (C=O) groups excluding carboxylic acids is 1. The average Bonchev–Trinajstić information content (AvgIpc) is 3.19. The summed E-state index contributed by atoms with van der Waals surface area (Å²) in [6, 6.07) is 5.49. The maximum Gasteiger partial charge on any atom is 0.262 e. The molecule has 0 N–H and O–H groups in total. The van der Waals surface area contributed by atoms with E-state index in [0.717, 1.165) is 15.8 Å². The van der Waals surface area contributed by atoms with Crippen LogP contribution in [-0.2, 0) is 0 Å². The van der Waals surface area contributed by atoms with Crippen molar-refractivity contribution in [1.82, 2.24) is 9.88 Å². The number of fused-ring (bicyclic) bond motifs is 1. The number of carbonyl (C=O) groups is 1. The van der Waals surface area contributed by atoms with Crippen molar-refractivity contribution in [3.63, 3.8) is 0 Å². The normalized spacial score (nSPS) is 11.4. The largest absolute Gasteiger partial charge is 0.494 e. The van der Waals surface area contributed by atoms with E-state index in [1.165, 1.54) is 22.7 Å². The summed E-state index contributed by atoms with van der Waals surface area (Å²) in [6.07, 6.45) is 0. The number of aromatic nitrogens is 1. The molecule has 1 amide bonds. The van der Waals surface area contributed by atoms with Crippen molar-refractivity contribution >= 4 is 67.1 Å². The third-order valence-electron chi connectivity index (χ3n) is 4.05. The van der Waals surface area contributed by atoms with E-state index in [0.29, 0.717) is 38.2 Å². The molecule has 9 heteroatoms. The Morgan fingerprint density at radius 2 is 1.96 bits per heavy atom. The van der Waals surface area contributed by atoms with Crippen LogP contribution in [0, 0.1) is 6.92 Å². The quantitative estimate of drug-likeness (QED) is 0.525. The van der Waals surface area contributed by atoms with E-state index in [1.54, 1.807) is 18.1 Å². The highest BCUT2D eigenvalue weighted by molar-refractivity contribution is 7.22. The summed E-state index contributed by atoms with van der Waals surface area (Å²) >= 11 is 14.9. The first-order valence-corrected chi connectivity index (χ1v) is 10.6. The zero-order valence-electron chi connectivity index (χ0n) is 15.4. The first-order chi connectivity index (χ1) is 12.8. The topological polar surface area (TPSA) is 45.7 Å². The minimum Gasteiger partial charge on any atom is -0.494 e. The van der Waals surface area contributed by atoms with Crippen LogP contribution < -0.4 is 9.64 Å². The third-order valence-corrected chi connectivity index (χ3v) is 6.75. The molecule has 0 aliphatic carbocycles. The third kappa shape index (κ3) is 4.22. The molecule has 0 bridgehead atoms. The minimum atomic E-state index is -0.208. The Hall–Kier alpha value is -1.38. The smallest absolute Gasteiger partial charge is 0.262 e. The highest BCUT2D eigenvalue weighted by Gasteiger charge is 2.25. The summed E-state index contributed by atoms with van der Waals surface area (Å²) in [5.74, 6) is 0.482. The van der Waals surface area contributed by atoms with Gasteiger partial charge in [-0.15, -0.1) is 11.3 Å². The van der Waals surface area contributed by atoms with Crippen LogP contribution in [-0.4, -0.2) is 50.1 Å². The van der Waals surface area contributed by atoms with Crippen LogP contribution >= 0.6 is 45.9 Å². The average molecular weight is 444 g/mol. The molecule has 3 rings (SSSR count). The van der Waals surface area contributed by atoms with Gasteiger partial charge in [-0.1, -0.05) is 40.6 Å². The lowest BCUT2D eigenvalue weighted by Gasteiger charge is -2.21. The standard InChI is InChI=1S/C18H19Cl2N3O2S2/c1-10-5-6-12(25-4)14-15(10)27-18(21-14)23(8-7-22(2)3)17(24)11-9-13(19)26-16(11)20/h5-6,9H,7-8H2,1-4H3. The molecule has 27 heavy (non-hydrogen) atoms. The molecule has 0 aliphatic heterocycles. The summed E-state index contributed by atoms with van der Waals surface area (Å²) < 4.78 is 7.31. The van der Waals surface area contributed by atoms with Gasteiger partial charge in [0.15, 0.2) is 5.13 Å². The number of likely N-dealkylation sites (N-methyl/N-ethyl adjacent to an activating group) is 1. The molecule has 0 radical (unpaired) electrons. The van der Waals surface area contributed by atoms with Crippen LogP contribution in [0.2, 0.25) is 8.67 Å². The predicted octanol–water partition coefficient (Wildman–Crippen LogP) is 5.19. The molecule has 1 aromatic carbocycles. The summed E-state index contributed by atoms with van der Waals surface area (Å²) in [5.41, 5.74) is 2.24. The molecule has 0 spiro atoms. The van der Waals surface area contributed by atoms with Crippen molar-refractivity contribution in [2.75, 3.05) is 39.2 Å². The van der Waals surface area contributed by atoms with Crippen molar-refractivity contribution < 1.29 is 9.53 Å². The summed E-state index contributed by atoms with van der Waals surface area (Å²) in [4.78, 5) is 21.6. The summed E-state index contributed by atoms with van der Waals surface area (Å²) in [7, 11) is 5.54. The molecule has 3 aromatic rings. The van der Waals surface area contributed by atoms with Crippen LogP contribution in [0.15, 0.2) is 18.2 Å². The maximum atomic E-state index is 13.2. The first kappa shape index (κ1) is 20.4. The van der Waals surface area contributed by atoms with Gasteiger partial charge in [0.1, 0.15) is 15.6 Å². The van der Waals surface area contributed by atoms with Gasteiger partial charge in [-0.3, -0.25) is 9.69 Å². The lowest BCUT2D eigenvalue weighted by Crippen LogP contribution is -2.36. The monoisotopic (exact) mass is 443 g/mol. The van der Waals surface area contributed by atoms with Gasteiger partial charge in [0.05, 0.1) is 21.7 Å². The second-order valence-electron chi connectivity index (χ2n) is 6.26. The lowest BCUT2D eigenvalue weighted by molar-refractivity contribution is 0.0986. The van der Waals surface area contributed by atoms with E-state index in [9.17, 15) is 4.79 Å². The highest BCUT2D eigenvalue weighted by atomic mass is 35.5. The van der Waals surface area contributed by atoms with E-state index >= 15 is 0 Å². The number of rotatable bonds is 6. The van der Waals surface area contributed by atoms with Gasteiger partial charge in [-0.25, -0.2) is 4.98 Å². The van der Waals surface area contributed by atoms with Crippen LogP contribution in [0.5, 0.6) is 5.75 Å². The number of aryl methyl sites for hydroxylation is 1. The Morgan fingerprint density at radius 3 is 2.56 bits per heavy atom. The Bertz CT molecular complexity index is 985. The number of nitrogens with zero attached hydrogens (tertiary/aromatic N) is 3. The first-order valence-electron chi connectivity index (χ1n) is 8.17. The molecule has 144 valence electrons. The molecule has 2 heterocycles. The van der Waals surface area contributed by atoms with Gasteiger partial charge < -0.3 is 9.64 Å². The van der Waals surface area contributed by atoms with Gasteiger partial charge in [-0.05, 0) is 38.7 Å². The number of benzene rings is 1. The van der Waals surface area contributed by atoms with Gasteiger partial charge in [-0.2, -0.15) is 0 Å². The molecule has 0 saturated carbocycles. The zero-order chi connectivity index (χ0) is 19.7. The van der Waals surface area contributed by atoms with Gasteiger partial charge >= 0.3 is 0 Å². The molecule has 0 saturated heterocycles. The van der Waals surface area contributed by atoms with Gasteiger partial charge in [0.2, 0.25) is 0 Å². The van der Waals surface area contributed by atoms with Crippen LogP contribution in [0.4, 0.5) is 5.13 Å². The second kappa shape index (κ2) is 8.32. The number of thiazole rings is 1. The van der Waals surface area contributed by atoms with E-state index in [2.05, 4.69) is 0 Å². The zero-order valence-corrected chi connectivity index (χ0v) is 18.5. The Labute approximate surface area is 176 Å². The van der Waals surface area contributed by atoms with Crippen LogP contribution in [0.25, 0.3) is 10.2 Å². The van der Waals surface area contributed by atoms with Crippen molar-refractivity contribution in [1.29, 1.82) is 0 Å². The number of hydrogen-bond donors (Lipinski definition) is 0. The van der Waals surface area contributed by atoms with E-state index in [4.69, 9.17) is 32.9 Å². The van der Waals surface area contributed by atoms with Crippen LogP contribution in [0.3, 0.4) is 0 Å². The number of methoxy groups -OCH3 is 1. The van der Waals surface area contributed by atoms with Gasteiger partial charge in [0, 0.05) is 13.1 Å². The summed E-state index contributed by atoms with van der Waals surface area (Å²) in [6.45, 7) is 3.19. The van der Waals surface area contributed by atoms with Crippen molar-refractivity contribution in [2.24, 2.45) is 0 Å². The van der Waals surface area contributed by atoms with Crippen molar-refractivity contribution in [2.45, 2.75) is 6.92 Å². The fourth-order valence-corrected chi connectivity index (χ4v) is 5.12. The summed E-state index contributed by atoms with van der Waals surface area (Å²) in [5, 5.41) is 0.614. The number of amides is 1.